The summed E-state index contributed by atoms with van der Waals surface area (Å²) < 4.78 is 36.8. The first kappa shape index (κ1) is 11.0. The van der Waals surface area contributed by atoms with Crippen LogP contribution in [0.15, 0.2) is 6.33 Å². The van der Waals surface area contributed by atoms with Gasteiger partial charge in [0.25, 0.3) is 0 Å². The molecule has 0 bridgehead atoms. The lowest BCUT2D eigenvalue weighted by molar-refractivity contribution is -0.137. The topological polar surface area (TPSA) is 30.7 Å². The third-order valence-corrected chi connectivity index (χ3v) is 1.69. The molecule has 0 aliphatic carbocycles. The van der Waals surface area contributed by atoms with E-state index in [1.54, 1.807) is 0 Å². The van der Waals surface area contributed by atoms with Gasteiger partial charge >= 0.3 is 6.18 Å². The van der Waals surface area contributed by atoms with E-state index in [0.717, 1.165) is 0 Å². The summed E-state index contributed by atoms with van der Waals surface area (Å²) in [5, 5.41) is 3.92. The average Bonchev–Trinajstić information content (AvgIpc) is 2.47. The first-order chi connectivity index (χ1) is 6.38. The van der Waals surface area contributed by atoms with Gasteiger partial charge in [-0.1, -0.05) is 13.8 Å². The van der Waals surface area contributed by atoms with Gasteiger partial charge in [0.2, 0.25) is 0 Å². The van der Waals surface area contributed by atoms with Gasteiger partial charge in [0, 0.05) is 5.92 Å². The van der Waals surface area contributed by atoms with Crippen LogP contribution >= 0.6 is 0 Å². The summed E-state index contributed by atoms with van der Waals surface area (Å²) in [6.07, 6.45) is -3.67. The SMILES string of the molecule is CC(C)c1ncn(CCC(F)(F)F)n1. The smallest absolute Gasteiger partial charge is 0.252 e. The fraction of sp³-hybridized carbons (Fsp3) is 0.750. The molecule has 0 N–H and O–H groups in total. The Bertz CT molecular complexity index is 290. The molecule has 0 spiro atoms. The van der Waals surface area contributed by atoms with Crippen LogP contribution in [0.25, 0.3) is 0 Å². The molecule has 3 nitrogen and oxygen atoms in total. The van der Waals surface area contributed by atoms with E-state index in [4.69, 9.17) is 0 Å². The number of halogens is 3. The van der Waals surface area contributed by atoms with Crippen LogP contribution in [0, 0.1) is 0 Å². The van der Waals surface area contributed by atoms with Crippen molar-refractivity contribution in [3.05, 3.63) is 12.2 Å². The fourth-order valence-electron chi connectivity index (χ4n) is 0.923. The number of nitrogens with zero attached hydrogens (tertiary/aromatic N) is 3. The second-order valence-electron chi connectivity index (χ2n) is 3.39. The summed E-state index contributed by atoms with van der Waals surface area (Å²) >= 11 is 0. The van der Waals surface area contributed by atoms with E-state index >= 15 is 0 Å². The summed E-state index contributed by atoms with van der Waals surface area (Å²) in [6.45, 7) is 3.62. The molecule has 0 aliphatic rings. The molecule has 0 amide bonds. The van der Waals surface area contributed by atoms with Crippen molar-refractivity contribution >= 4 is 0 Å². The second-order valence-corrected chi connectivity index (χ2v) is 3.39. The van der Waals surface area contributed by atoms with Crippen molar-refractivity contribution in [3.8, 4) is 0 Å². The van der Waals surface area contributed by atoms with Crippen LogP contribution in [0.5, 0.6) is 0 Å². The van der Waals surface area contributed by atoms with Crippen molar-refractivity contribution in [1.82, 2.24) is 14.8 Å². The highest BCUT2D eigenvalue weighted by molar-refractivity contribution is 4.88. The summed E-state index contributed by atoms with van der Waals surface area (Å²) in [7, 11) is 0. The normalized spacial score (nSPS) is 12.4. The molecule has 0 unspecified atom stereocenters. The molecular weight excluding hydrogens is 195 g/mol. The predicted molar refractivity (Wildman–Crippen MR) is 44.8 cm³/mol. The molecule has 80 valence electrons. The van der Waals surface area contributed by atoms with Crippen LogP contribution in [0.3, 0.4) is 0 Å². The molecule has 0 saturated heterocycles. The van der Waals surface area contributed by atoms with Crippen molar-refractivity contribution in [2.75, 3.05) is 0 Å². The van der Waals surface area contributed by atoms with Gasteiger partial charge in [-0.05, 0) is 0 Å². The average molecular weight is 207 g/mol. The third-order valence-electron chi connectivity index (χ3n) is 1.69. The van der Waals surface area contributed by atoms with Crippen LogP contribution in [0.2, 0.25) is 0 Å². The van der Waals surface area contributed by atoms with Crippen molar-refractivity contribution in [2.45, 2.75) is 38.9 Å². The molecule has 1 aromatic heterocycles. The molecule has 6 heteroatoms. The van der Waals surface area contributed by atoms with E-state index in [-0.39, 0.29) is 12.5 Å². The summed E-state index contributed by atoms with van der Waals surface area (Å²) in [5.41, 5.74) is 0. The zero-order valence-corrected chi connectivity index (χ0v) is 8.04. The highest BCUT2D eigenvalue weighted by atomic mass is 19.4. The standard InChI is InChI=1S/C8H12F3N3/c1-6(2)7-12-5-14(13-7)4-3-8(9,10)11/h5-6H,3-4H2,1-2H3. The Kier molecular flexibility index (Phi) is 3.13. The lowest BCUT2D eigenvalue weighted by atomic mass is 10.2. The maximum absolute atomic E-state index is 11.8. The molecule has 1 aromatic rings. The van der Waals surface area contributed by atoms with E-state index in [0.29, 0.717) is 5.82 Å². The van der Waals surface area contributed by atoms with Crippen LogP contribution < -0.4 is 0 Å². The predicted octanol–water partition coefficient (Wildman–Crippen LogP) is 2.35. The Morgan fingerprint density at radius 1 is 1.43 bits per heavy atom. The van der Waals surface area contributed by atoms with E-state index in [1.165, 1.54) is 11.0 Å². The van der Waals surface area contributed by atoms with Gasteiger partial charge in [-0.3, -0.25) is 4.68 Å². The minimum absolute atomic E-state index is 0.141. The Hall–Kier alpha value is -1.07. The number of alkyl halides is 3. The zero-order chi connectivity index (χ0) is 10.8. The van der Waals surface area contributed by atoms with Crippen LogP contribution in [0.1, 0.15) is 32.0 Å². The molecule has 0 fully saturated rings. The molecule has 0 aliphatic heterocycles. The first-order valence-corrected chi connectivity index (χ1v) is 4.34. The Morgan fingerprint density at radius 3 is 2.50 bits per heavy atom. The fourth-order valence-corrected chi connectivity index (χ4v) is 0.923. The Morgan fingerprint density at radius 2 is 2.07 bits per heavy atom. The van der Waals surface area contributed by atoms with Gasteiger partial charge in [0.05, 0.1) is 13.0 Å². The number of aryl methyl sites for hydroxylation is 1. The Labute approximate surface area is 79.9 Å². The lowest BCUT2D eigenvalue weighted by Gasteiger charge is -2.05. The maximum Gasteiger partial charge on any atom is 0.390 e. The molecule has 14 heavy (non-hydrogen) atoms. The van der Waals surface area contributed by atoms with E-state index in [9.17, 15) is 13.2 Å². The van der Waals surface area contributed by atoms with Crippen molar-refractivity contribution in [2.24, 2.45) is 0 Å². The second kappa shape index (κ2) is 3.98. The van der Waals surface area contributed by atoms with E-state index in [1.807, 2.05) is 13.8 Å². The molecule has 1 heterocycles. The van der Waals surface area contributed by atoms with E-state index < -0.39 is 12.6 Å². The number of hydrogen-bond acceptors (Lipinski definition) is 2. The quantitative estimate of drug-likeness (QED) is 0.761. The van der Waals surface area contributed by atoms with Crippen LogP contribution in [0.4, 0.5) is 13.2 Å². The molecule has 0 radical (unpaired) electrons. The van der Waals surface area contributed by atoms with Gasteiger partial charge in [0.1, 0.15) is 6.33 Å². The number of aromatic nitrogens is 3. The highest BCUT2D eigenvalue weighted by Crippen LogP contribution is 2.20. The summed E-state index contributed by atoms with van der Waals surface area (Å²) in [4.78, 5) is 3.90. The van der Waals surface area contributed by atoms with Gasteiger partial charge in [-0.15, -0.1) is 0 Å². The largest absolute Gasteiger partial charge is 0.390 e. The lowest BCUT2D eigenvalue weighted by Crippen LogP contribution is -2.12. The summed E-state index contributed by atoms with van der Waals surface area (Å²) in [5.74, 6) is 0.717. The molecule has 0 atom stereocenters. The Balaban J connectivity index is 2.52. The van der Waals surface area contributed by atoms with Crippen molar-refractivity contribution < 1.29 is 13.2 Å². The van der Waals surface area contributed by atoms with Crippen LogP contribution in [-0.2, 0) is 6.54 Å². The molecular formula is C8H12F3N3. The minimum atomic E-state index is -4.13. The van der Waals surface area contributed by atoms with Crippen molar-refractivity contribution in [1.29, 1.82) is 0 Å². The number of hydrogen-bond donors (Lipinski definition) is 0. The maximum atomic E-state index is 11.8. The zero-order valence-electron chi connectivity index (χ0n) is 8.04. The minimum Gasteiger partial charge on any atom is -0.252 e. The highest BCUT2D eigenvalue weighted by Gasteiger charge is 2.26. The van der Waals surface area contributed by atoms with Crippen LogP contribution in [-0.4, -0.2) is 20.9 Å². The van der Waals surface area contributed by atoms with Crippen molar-refractivity contribution in [3.63, 3.8) is 0 Å². The number of rotatable bonds is 3. The molecule has 0 aromatic carbocycles. The van der Waals surface area contributed by atoms with Gasteiger partial charge < -0.3 is 0 Å². The van der Waals surface area contributed by atoms with Gasteiger partial charge in [-0.25, -0.2) is 4.98 Å². The van der Waals surface area contributed by atoms with Gasteiger partial charge in [0.15, 0.2) is 5.82 Å². The molecule has 1 rings (SSSR count). The summed E-state index contributed by atoms with van der Waals surface area (Å²) in [6, 6.07) is 0. The third kappa shape index (κ3) is 3.35. The first-order valence-electron chi connectivity index (χ1n) is 4.34. The monoisotopic (exact) mass is 207 g/mol. The van der Waals surface area contributed by atoms with Gasteiger partial charge in [-0.2, -0.15) is 18.3 Å². The van der Waals surface area contributed by atoms with E-state index in [2.05, 4.69) is 10.1 Å². The molecule has 0 saturated carbocycles.